The van der Waals surface area contributed by atoms with Crippen molar-refractivity contribution in [2.75, 3.05) is 0 Å². The van der Waals surface area contributed by atoms with Crippen LogP contribution in [0, 0.1) is 0 Å². The summed E-state index contributed by atoms with van der Waals surface area (Å²) in [4.78, 5) is 0. The summed E-state index contributed by atoms with van der Waals surface area (Å²) in [6, 6.07) is 0. The van der Waals surface area contributed by atoms with E-state index in [1.54, 1.807) is 0 Å². The van der Waals surface area contributed by atoms with Crippen LogP contribution in [0.3, 0.4) is 0 Å². The van der Waals surface area contributed by atoms with Crippen molar-refractivity contribution in [1.29, 1.82) is 0 Å². The van der Waals surface area contributed by atoms with Crippen molar-refractivity contribution in [3.05, 3.63) is 0 Å². The Morgan fingerprint density at radius 3 is 1.22 bits per heavy atom. The maximum absolute atomic E-state index is 4.48. The van der Waals surface area contributed by atoms with Gasteiger partial charge in [-0.2, -0.15) is 20.4 Å². The maximum atomic E-state index is 4.48. The molecule has 0 spiro atoms. The Kier molecular flexibility index (Phi) is 3.96. The predicted molar refractivity (Wildman–Crippen MR) is 28.9 cm³/mol. The second kappa shape index (κ2) is 3.94. The summed E-state index contributed by atoms with van der Waals surface area (Å²) in [6.45, 7) is 0. The summed E-state index contributed by atoms with van der Waals surface area (Å²) >= 11 is 8.96. The fraction of sp³-hybridized carbons (Fsp3) is 0. The first kappa shape index (κ1) is 9.03. The molecule has 7 heteroatoms. The summed E-state index contributed by atoms with van der Waals surface area (Å²) < 4.78 is 0. The van der Waals surface area contributed by atoms with Crippen molar-refractivity contribution in [2.45, 2.75) is 10.3 Å². The van der Waals surface area contributed by atoms with E-state index in [1.165, 1.54) is 0 Å². The third-order valence-electron chi connectivity index (χ3n) is 0.442. The van der Waals surface area contributed by atoms with Gasteiger partial charge in [0.15, 0.2) is 0 Å². The van der Waals surface area contributed by atoms with Gasteiger partial charge in [-0.15, -0.1) is 0 Å². The normalized spacial score (nSPS) is 8.00. The second-order valence-corrected chi connectivity index (χ2v) is 1.70. The molecule has 9 heavy (non-hydrogen) atoms. The van der Waals surface area contributed by atoms with E-state index in [9.17, 15) is 0 Å². The van der Waals surface area contributed by atoms with Crippen molar-refractivity contribution in [3.8, 4) is 0 Å². The topological polar surface area (TPSA) is 51.6 Å². The Labute approximate surface area is 76.0 Å². The van der Waals surface area contributed by atoms with Crippen LogP contribution in [0.25, 0.3) is 0 Å². The molecule has 0 amide bonds. The molecule has 0 bridgehead atoms. The number of aromatic nitrogens is 4. The van der Waals surface area contributed by atoms with E-state index in [0.29, 0.717) is 0 Å². The quantitative estimate of drug-likeness (QED) is 0.571. The van der Waals surface area contributed by atoms with Crippen LogP contribution in [0.2, 0.25) is 0 Å². The molecule has 0 atom stereocenters. The van der Waals surface area contributed by atoms with Gasteiger partial charge >= 0.3 is 0 Å². The molecule has 0 aliphatic carbocycles. The molecule has 0 N–H and O–H groups in total. The van der Waals surface area contributed by atoms with E-state index < -0.39 is 0 Å². The van der Waals surface area contributed by atoms with Gasteiger partial charge in [-0.3, -0.25) is 0 Å². The summed E-state index contributed by atoms with van der Waals surface area (Å²) in [5.41, 5.74) is 0. The molecule has 4 nitrogen and oxygen atoms in total. The molecule has 0 aromatic carbocycles. The Hall–Kier alpha value is 0.0294. The van der Waals surface area contributed by atoms with Gasteiger partial charge in [0, 0.05) is 20.1 Å². The molecule has 1 heterocycles. The smallest absolute Gasteiger partial charge is 0.0530 e. The third-order valence-corrected chi connectivity index (χ3v) is 0.769. The first-order chi connectivity index (χ1) is 3.79. The average Bonchev–Trinajstić information content (AvgIpc) is 1.77. The van der Waals surface area contributed by atoms with Crippen LogP contribution in [0.5, 0.6) is 0 Å². The molecule has 0 fully saturated rings. The van der Waals surface area contributed by atoms with Crippen LogP contribution in [-0.2, 0) is 45.4 Å². The monoisotopic (exact) mass is 337 g/mol. The van der Waals surface area contributed by atoms with Crippen molar-refractivity contribution in [3.63, 3.8) is 0 Å². The van der Waals surface area contributed by atoms with Gasteiger partial charge in [0.2, 0.25) is 0 Å². The van der Waals surface area contributed by atoms with Crippen LogP contribution in [-0.4, -0.2) is 20.4 Å². The van der Waals surface area contributed by atoms with Crippen LogP contribution in [0.15, 0.2) is 10.3 Å². The summed E-state index contributed by atoms with van der Waals surface area (Å²) in [7, 11) is 0. The van der Waals surface area contributed by atoms with Gasteiger partial charge < -0.3 is 25.3 Å². The number of rotatable bonds is 0. The van der Waals surface area contributed by atoms with Crippen molar-refractivity contribution >= 4 is 25.3 Å². The van der Waals surface area contributed by atoms with Gasteiger partial charge in [0.05, 0.1) is 10.3 Å². The minimum absolute atomic E-state index is 0. The zero-order valence-electron chi connectivity index (χ0n) is 3.94. The molecule has 0 saturated carbocycles. The number of hydrogen-bond acceptors (Lipinski definition) is 6. The number of nitrogens with zero attached hydrogens (tertiary/aromatic N) is 4. The third kappa shape index (κ3) is 2.90. The SMILES string of the molecule is [Ir].[S-]c1nnc([S-])nn1. The Balaban J connectivity index is 0.000000640. The van der Waals surface area contributed by atoms with Crippen molar-refractivity contribution in [1.82, 2.24) is 20.4 Å². The average molecular weight is 336 g/mol. The Bertz CT molecular complexity index is 155. The fourth-order valence-electron chi connectivity index (χ4n) is 0.211. The molecule has 1 radical (unpaired) electrons. The van der Waals surface area contributed by atoms with Crippen LogP contribution in [0.1, 0.15) is 0 Å². The van der Waals surface area contributed by atoms with E-state index in [1.807, 2.05) is 0 Å². The molecule has 1 rings (SSSR count). The fourth-order valence-corrected chi connectivity index (χ4v) is 0.374. The molecule has 0 saturated heterocycles. The second-order valence-electron chi connectivity index (χ2n) is 0.965. The minimum Gasteiger partial charge on any atom is -0.736 e. The largest absolute Gasteiger partial charge is 0.736 e. The molecule has 0 aliphatic heterocycles. The zero-order chi connectivity index (χ0) is 5.98. The first-order valence-corrected chi connectivity index (χ1v) is 2.52. The summed E-state index contributed by atoms with van der Waals surface area (Å²) in [5, 5.41) is 13.7. The molecule has 51 valence electrons. The Morgan fingerprint density at radius 2 is 1.00 bits per heavy atom. The molecular weight excluding hydrogens is 336 g/mol. The van der Waals surface area contributed by atoms with E-state index in [-0.39, 0.29) is 30.4 Å². The predicted octanol–water partition coefficient (Wildman–Crippen LogP) is -0.924. The minimum atomic E-state index is 0. The molecular formula is C2IrN4S2-2. The van der Waals surface area contributed by atoms with Gasteiger partial charge in [0.1, 0.15) is 0 Å². The molecule has 1 aromatic rings. The van der Waals surface area contributed by atoms with Gasteiger partial charge in [-0.05, 0) is 0 Å². The molecule has 0 aliphatic rings. The maximum Gasteiger partial charge on any atom is 0.0530 e. The van der Waals surface area contributed by atoms with E-state index in [0.717, 1.165) is 0 Å². The number of hydrogen-bond donors (Lipinski definition) is 0. The Morgan fingerprint density at radius 1 is 0.778 bits per heavy atom. The summed E-state index contributed by atoms with van der Waals surface area (Å²) in [6.07, 6.45) is 0. The van der Waals surface area contributed by atoms with Crippen molar-refractivity contribution in [2.24, 2.45) is 0 Å². The first-order valence-electron chi connectivity index (χ1n) is 1.70. The zero-order valence-corrected chi connectivity index (χ0v) is 7.97. The van der Waals surface area contributed by atoms with Crippen LogP contribution in [0.4, 0.5) is 0 Å². The van der Waals surface area contributed by atoms with E-state index in [2.05, 4.69) is 45.7 Å². The summed E-state index contributed by atoms with van der Waals surface area (Å²) in [5.74, 6) is 0. The van der Waals surface area contributed by atoms with Crippen LogP contribution < -0.4 is 0 Å². The van der Waals surface area contributed by atoms with Gasteiger partial charge in [-0.1, -0.05) is 0 Å². The van der Waals surface area contributed by atoms with Crippen molar-refractivity contribution < 1.29 is 20.1 Å². The standard InChI is InChI=1S/C2H2N4S2.Ir/c7-1-3-5-2(8)6-4-1;/h(H,3,4,7)(H,5,6,8);/p-2. The molecule has 0 unspecified atom stereocenters. The van der Waals surface area contributed by atoms with Gasteiger partial charge in [-0.25, -0.2) is 0 Å². The van der Waals surface area contributed by atoms with Crippen LogP contribution >= 0.6 is 0 Å². The van der Waals surface area contributed by atoms with E-state index in [4.69, 9.17) is 0 Å². The molecule has 1 aromatic heterocycles. The van der Waals surface area contributed by atoms with Gasteiger partial charge in [0.25, 0.3) is 0 Å². The van der Waals surface area contributed by atoms with E-state index >= 15 is 0 Å².